The molecule has 0 amide bonds. The molecule has 1 N–H and O–H groups in total. The molecule has 0 heterocycles. The number of carbonyl (C=O) groups excluding carboxylic acids is 1. The monoisotopic (exact) mass is 289 g/mol. The van der Waals surface area contributed by atoms with Gasteiger partial charge in [-0.1, -0.05) is 18.2 Å². The minimum atomic E-state index is -3.52. The number of rotatable bonds is 7. The van der Waals surface area contributed by atoms with Gasteiger partial charge in [-0.25, -0.2) is 17.5 Å². The van der Waals surface area contributed by atoms with Crippen molar-refractivity contribution in [3.8, 4) is 0 Å². The molecule has 0 saturated carbocycles. The van der Waals surface area contributed by atoms with Gasteiger partial charge in [0.2, 0.25) is 10.0 Å². The van der Waals surface area contributed by atoms with Crippen LogP contribution in [0.25, 0.3) is 0 Å². The van der Waals surface area contributed by atoms with Crippen molar-refractivity contribution in [3.63, 3.8) is 0 Å². The lowest BCUT2D eigenvalue weighted by Crippen LogP contribution is -2.26. The zero-order chi connectivity index (χ0) is 14.3. The molecule has 0 bridgehead atoms. The molecular weight excluding hydrogens is 273 g/mol. The Kier molecular flexibility index (Phi) is 5.91. The number of esters is 1. The first kappa shape index (κ1) is 15.6. The minimum Gasteiger partial charge on any atom is -0.469 e. The van der Waals surface area contributed by atoms with E-state index in [1.54, 1.807) is 6.07 Å². The quantitative estimate of drug-likeness (QED) is 0.766. The van der Waals surface area contributed by atoms with Crippen molar-refractivity contribution in [2.24, 2.45) is 0 Å². The Morgan fingerprint density at radius 3 is 2.68 bits per heavy atom. The third-order valence-electron chi connectivity index (χ3n) is 2.46. The van der Waals surface area contributed by atoms with E-state index in [1.165, 1.54) is 25.3 Å². The van der Waals surface area contributed by atoms with E-state index in [-0.39, 0.29) is 30.7 Å². The lowest BCUT2D eigenvalue weighted by molar-refractivity contribution is -0.140. The number of halogens is 1. The van der Waals surface area contributed by atoms with Crippen molar-refractivity contribution in [2.75, 3.05) is 12.9 Å². The van der Waals surface area contributed by atoms with Gasteiger partial charge in [-0.3, -0.25) is 4.79 Å². The van der Waals surface area contributed by atoms with Gasteiger partial charge < -0.3 is 4.74 Å². The van der Waals surface area contributed by atoms with Crippen molar-refractivity contribution in [2.45, 2.75) is 19.4 Å². The summed E-state index contributed by atoms with van der Waals surface area (Å²) in [6.07, 6.45) is 0.205. The zero-order valence-corrected chi connectivity index (χ0v) is 11.4. The summed E-state index contributed by atoms with van der Waals surface area (Å²) in [5.41, 5.74) is 0.277. The predicted octanol–water partition coefficient (Wildman–Crippen LogP) is 1.20. The van der Waals surface area contributed by atoms with Gasteiger partial charge in [0, 0.05) is 18.5 Å². The normalized spacial score (nSPS) is 11.3. The summed E-state index contributed by atoms with van der Waals surface area (Å²) < 4.78 is 43.2. The van der Waals surface area contributed by atoms with Crippen LogP contribution in [0.2, 0.25) is 0 Å². The van der Waals surface area contributed by atoms with Crippen LogP contribution >= 0.6 is 0 Å². The van der Waals surface area contributed by atoms with E-state index < -0.39 is 21.8 Å². The van der Waals surface area contributed by atoms with E-state index in [2.05, 4.69) is 9.46 Å². The second-order valence-corrected chi connectivity index (χ2v) is 5.84. The fourth-order valence-electron chi connectivity index (χ4n) is 1.41. The van der Waals surface area contributed by atoms with E-state index in [0.717, 1.165) is 0 Å². The van der Waals surface area contributed by atoms with Crippen LogP contribution in [0.15, 0.2) is 24.3 Å². The van der Waals surface area contributed by atoms with E-state index in [4.69, 9.17) is 0 Å². The number of carbonyl (C=O) groups is 1. The van der Waals surface area contributed by atoms with Gasteiger partial charge in [0.25, 0.3) is 0 Å². The second-order valence-electron chi connectivity index (χ2n) is 3.91. The van der Waals surface area contributed by atoms with Gasteiger partial charge in [-0.2, -0.15) is 0 Å². The highest BCUT2D eigenvalue weighted by Gasteiger charge is 2.12. The van der Waals surface area contributed by atoms with Crippen LogP contribution in [-0.2, 0) is 26.1 Å². The molecule has 0 aromatic heterocycles. The molecule has 19 heavy (non-hydrogen) atoms. The van der Waals surface area contributed by atoms with Gasteiger partial charge in [-0.05, 0) is 12.5 Å². The van der Waals surface area contributed by atoms with Crippen molar-refractivity contribution >= 4 is 16.0 Å². The van der Waals surface area contributed by atoms with Gasteiger partial charge in [-0.15, -0.1) is 0 Å². The van der Waals surface area contributed by atoms with Crippen LogP contribution in [-0.4, -0.2) is 27.2 Å². The summed E-state index contributed by atoms with van der Waals surface area (Å²) in [4.78, 5) is 10.8. The summed E-state index contributed by atoms with van der Waals surface area (Å²) in [7, 11) is -2.28. The number of hydrogen-bond donors (Lipinski definition) is 1. The van der Waals surface area contributed by atoms with Gasteiger partial charge in [0.05, 0.1) is 12.9 Å². The molecule has 1 rings (SSSR count). The summed E-state index contributed by atoms with van der Waals surface area (Å²) in [6, 6.07) is 5.93. The highest BCUT2D eigenvalue weighted by atomic mass is 32.2. The number of hydrogen-bond acceptors (Lipinski definition) is 4. The minimum absolute atomic E-state index is 0.0388. The Hall–Kier alpha value is -1.47. The molecule has 0 aliphatic carbocycles. The second kappa shape index (κ2) is 7.20. The van der Waals surface area contributed by atoms with Gasteiger partial charge in [0.1, 0.15) is 5.82 Å². The zero-order valence-electron chi connectivity index (χ0n) is 10.6. The molecule has 0 fully saturated rings. The maximum absolute atomic E-state index is 13.3. The third-order valence-corrected chi connectivity index (χ3v) is 3.87. The number of methoxy groups -OCH3 is 1. The summed E-state index contributed by atoms with van der Waals surface area (Å²) in [5.74, 6) is -1.11. The molecule has 0 spiro atoms. The molecule has 0 saturated heterocycles. The molecular formula is C12H16FNO4S. The Morgan fingerprint density at radius 2 is 2.05 bits per heavy atom. The third kappa shape index (κ3) is 5.80. The Bertz CT molecular complexity index is 530. The van der Waals surface area contributed by atoms with E-state index in [0.29, 0.717) is 0 Å². The molecule has 0 aliphatic heterocycles. The fourth-order valence-corrected chi connectivity index (χ4v) is 2.45. The lowest BCUT2D eigenvalue weighted by atomic mass is 10.2. The highest BCUT2D eigenvalue weighted by molar-refractivity contribution is 7.89. The average molecular weight is 289 g/mol. The first-order chi connectivity index (χ1) is 8.94. The molecule has 1 aromatic rings. The Morgan fingerprint density at radius 1 is 1.37 bits per heavy atom. The van der Waals surface area contributed by atoms with Gasteiger partial charge in [0.15, 0.2) is 0 Å². The van der Waals surface area contributed by atoms with Gasteiger partial charge >= 0.3 is 5.97 Å². The first-order valence-electron chi connectivity index (χ1n) is 5.72. The Balaban J connectivity index is 2.43. The summed E-state index contributed by atoms with van der Waals surface area (Å²) >= 11 is 0. The number of nitrogens with one attached hydrogen (secondary N) is 1. The largest absolute Gasteiger partial charge is 0.469 e. The van der Waals surface area contributed by atoms with Crippen molar-refractivity contribution in [1.82, 2.24) is 4.72 Å². The van der Waals surface area contributed by atoms with Crippen LogP contribution in [0.3, 0.4) is 0 Å². The number of sulfonamides is 1. The SMILES string of the molecule is COC(=O)CCCS(=O)(=O)NCc1ccccc1F. The molecule has 5 nitrogen and oxygen atoms in total. The van der Waals surface area contributed by atoms with Crippen molar-refractivity contribution in [1.29, 1.82) is 0 Å². The van der Waals surface area contributed by atoms with Crippen LogP contribution in [0.4, 0.5) is 4.39 Å². The highest BCUT2D eigenvalue weighted by Crippen LogP contribution is 2.06. The Labute approximate surface area is 111 Å². The predicted molar refractivity (Wildman–Crippen MR) is 68.3 cm³/mol. The van der Waals surface area contributed by atoms with Crippen LogP contribution in [0.5, 0.6) is 0 Å². The molecule has 0 atom stereocenters. The number of ether oxygens (including phenoxy) is 1. The van der Waals surface area contributed by atoms with Crippen LogP contribution < -0.4 is 4.72 Å². The summed E-state index contributed by atoms with van der Waals surface area (Å²) in [5, 5.41) is 0. The standard InChI is InChI=1S/C12H16FNO4S/c1-18-12(15)7-4-8-19(16,17)14-9-10-5-2-3-6-11(10)13/h2-3,5-6,14H,4,7-9H2,1H3. The topological polar surface area (TPSA) is 72.5 Å². The first-order valence-corrected chi connectivity index (χ1v) is 7.37. The van der Waals surface area contributed by atoms with E-state index in [1.807, 2.05) is 0 Å². The van der Waals surface area contributed by atoms with E-state index >= 15 is 0 Å². The molecule has 0 radical (unpaired) electrons. The fraction of sp³-hybridized carbons (Fsp3) is 0.417. The average Bonchev–Trinajstić information content (AvgIpc) is 2.37. The smallest absolute Gasteiger partial charge is 0.305 e. The van der Waals surface area contributed by atoms with E-state index in [9.17, 15) is 17.6 Å². The molecule has 1 aromatic carbocycles. The van der Waals surface area contributed by atoms with Crippen LogP contribution in [0.1, 0.15) is 18.4 Å². The van der Waals surface area contributed by atoms with Crippen LogP contribution in [0, 0.1) is 5.82 Å². The molecule has 7 heteroatoms. The molecule has 106 valence electrons. The maximum atomic E-state index is 13.3. The lowest BCUT2D eigenvalue weighted by Gasteiger charge is -2.07. The van der Waals surface area contributed by atoms with Crippen molar-refractivity contribution in [3.05, 3.63) is 35.6 Å². The van der Waals surface area contributed by atoms with Crippen molar-refractivity contribution < 1.29 is 22.3 Å². The molecule has 0 unspecified atom stereocenters. The summed E-state index contributed by atoms with van der Waals surface area (Å²) in [6.45, 7) is -0.104. The number of benzene rings is 1. The molecule has 0 aliphatic rings. The maximum Gasteiger partial charge on any atom is 0.305 e.